The summed E-state index contributed by atoms with van der Waals surface area (Å²) in [6.07, 6.45) is 1.98. The van der Waals surface area contributed by atoms with Gasteiger partial charge < -0.3 is 19.9 Å². The van der Waals surface area contributed by atoms with E-state index in [1.807, 2.05) is 19.0 Å². The van der Waals surface area contributed by atoms with Crippen LogP contribution in [0.1, 0.15) is 30.7 Å². The zero-order chi connectivity index (χ0) is 11.5. The highest BCUT2D eigenvalue weighted by Crippen LogP contribution is 2.30. The summed E-state index contributed by atoms with van der Waals surface area (Å²) in [6.45, 7) is 1.21. The predicted octanol–water partition coefficient (Wildman–Crippen LogP) is 0.310. The SMILES string of the molecule is CN(C)Cc1nc(C2CCC(CN)O2)no1. The second-order valence-electron chi connectivity index (χ2n) is 4.34. The van der Waals surface area contributed by atoms with Crippen molar-refractivity contribution in [1.29, 1.82) is 0 Å². The molecule has 2 rings (SSSR count). The Kier molecular flexibility index (Phi) is 3.52. The van der Waals surface area contributed by atoms with Gasteiger partial charge in [-0.1, -0.05) is 5.16 Å². The summed E-state index contributed by atoms with van der Waals surface area (Å²) in [6, 6.07) is 0. The lowest BCUT2D eigenvalue weighted by molar-refractivity contribution is 0.0435. The molecule has 2 atom stereocenters. The van der Waals surface area contributed by atoms with Crippen molar-refractivity contribution in [3.8, 4) is 0 Å². The van der Waals surface area contributed by atoms with Crippen LogP contribution >= 0.6 is 0 Å². The molecule has 1 saturated heterocycles. The van der Waals surface area contributed by atoms with Crippen molar-refractivity contribution < 1.29 is 9.26 Å². The number of hydrogen-bond acceptors (Lipinski definition) is 6. The summed E-state index contributed by atoms with van der Waals surface area (Å²) in [5.74, 6) is 1.27. The highest BCUT2D eigenvalue weighted by Gasteiger charge is 2.29. The van der Waals surface area contributed by atoms with E-state index in [1.165, 1.54) is 0 Å². The highest BCUT2D eigenvalue weighted by molar-refractivity contribution is 4.94. The standard InChI is InChI=1S/C10H18N4O2/c1-14(2)6-9-12-10(13-16-9)8-4-3-7(5-11)15-8/h7-8H,3-6,11H2,1-2H3. The van der Waals surface area contributed by atoms with Crippen molar-refractivity contribution in [3.63, 3.8) is 0 Å². The Balaban J connectivity index is 1.97. The fourth-order valence-electron chi connectivity index (χ4n) is 1.80. The number of hydrogen-bond donors (Lipinski definition) is 1. The first-order chi connectivity index (χ1) is 7.69. The van der Waals surface area contributed by atoms with E-state index in [0.717, 1.165) is 12.8 Å². The predicted molar refractivity (Wildman–Crippen MR) is 57.6 cm³/mol. The van der Waals surface area contributed by atoms with E-state index in [4.69, 9.17) is 15.0 Å². The second-order valence-corrected chi connectivity index (χ2v) is 4.34. The maximum Gasteiger partial charge on any atom is 0.240 e. The van der Waals surface area contributed by atoms with Crippen LogP contribution in [0, 0.1) is 0 Å². The Bertz CT molecular complexity index is 339. The lowest BCUT2D eigenvalue weighted by atomic mass is 10.2. The Morgan fingerprint density at radius 1 is 1.44 bits per heavy atom. The summed E-state index contributed by atoms with van der Waals surface area (Å²) < 4.78 is 10.8. The van der Waals surface area contributed by atoms with Crippen LogP contribution in [0.25, 0.3) is 0 Å². The van der Waals surface area contributed by atoms with Crippen molar-refractivity contribution >= 4 is 0 Å². The van der Waals surface area contributed by atoms with Crippen LogP contribution in [0.15, 0.2) is 4.52 Å². The average Bonchev–Trinajstić information content (AvgIpc) is 2.83. The summed E-state index contributed by atoms with van der Waals surface area (Å²) >= 11 is 0. The van der Waals surface area contributed by atoms with Gasteiger partial charge >= 0.3 is 0 Å². The van der Waals surface area contributed by atoms with E-state index < -0.39 is 0 Å². The minimum absolute atomic E-state index is 0.0480. The molecule has 6 nitrogen and oxygen atoms in total. The van der Waals surface area contributed by atoms with Gasteiger partial charge in [-0.15, -0.1) is 0 Å². The van der Waals surface area contributed by atoms with Crippen LogP contribution in [0.5, 0.6) is 0 Å². The maximum atomic E-state index is 5.69. The topological polar surface area (TPSA) is 77.4 Å². The molecule has 0 aliphatic carbocycles. The molecule has 0 bridgehead atoms. The van der Waals surface area contributed by atoms with Gasteiger partial charge in [-0.2, -0.15) is 4.98 Å². The molecular weight excluding hydrogens is 208 g/mol. The van der Waals surface area contributed by atoms with E-state index in [1.54, 1.807) is 0 Å². The molecule has 0 radical (unpaired) electrons. The zero-order valence-electron chi connectivity index (χ0n) is 9.72. The van der Waals surface area contributed by atoms with Gasteiger partial charge in [0.1, 0.15) is 6.10 Å². The largest absolute Gasteiger partial charge is 0.366 e. The Morgan fingerprint density at radius 3 is 2.88 bits per heavy atom. The molecule has 16 heavy (non-hydrogen) atoms. The van der Waals surface area contributed by atoms with Crippen molar-refractivity contribution in [2.24, 2.45) is 5.73 Å². The maximum absolute atomic E-state index is 5.69. The van der Waals surface area contributed by atoms with E-state index in [0.29, 0.717) is 24.8 Å². The molecule has 1 aliphatic heterocycles. The van der Waals surface area contributed by atoms with Crippen LogP contribution in [-0.4, -0.2) is 41.8 Å². The minimum Gasteiger partial charge on any atom is -0.366 e. The first-order valence-electron chi connectivity index (χ1n) is 5.51. The van der Waals surface area contributed by atoms with Gasteiger partial charge in [0.05, 0.1) is 12.6 Å². The summed E-state index contributed by atoms with van der Waals surface area (Å²) in [5.41, 5.74) is 5.55. The molecule has 0 spiro atoms. The third-order valence-corrected chi connectivity index (χ3v) is 2.59. The van der Waals surface area contributed by atoms with Gasteiger partial charge in [0.15, 0.2) is 0 Å². The molecule has 6 heteroatoms. The number of rotatable bonds is 4. The van der Waals surface area contributed by atoms with E-state index in [9.17, 15) is 0 Å². The summed E-state index contributed by atoms with van der Waals surface area (Å²) in [7, 11) is 3.92. The fourth-order valence-corrected chi connectivity index (χ4v) is 1.80. The first-order valence-corrected chi connectivity index (χ1v) is 5.51. The fraction of sp³-hybridized carbons (Fsp3) is 0.800. The first kappa shape index (κ1) is 11.5. The van der Waals surface area contributed by atoms with E-state index >= 15 is 0 Å². The number of nitrogens with two attached hydrogens (primary N) is 1. The number of nitrogens with zero attached hydrogens (tertiary/aromatic N) is 3. The molecular formula is C10H18N4O2. The van der Waals surface area contributed by atoms with Crippen molar-refractivity contribution in [2.75, 3.05) is 20.6 Å². The Morgan fingerprint density at radius 2 is 2.25 bits per heavy atom. The van der Waals surface area contributed by atoms with Crippen LogP contribution < -0.4 is 5.73 Å². The van der Waals surface area contributed by atoms with Gasteiger partial charge in [-0.3, -0.25) is 0 Å². The normalized spacial score (nSPS) is 25.5. The average molecular weight is 226 g/mol. The lowest BCUT2D eigenvalue weighted by Gasteiger charge is -2.07. The monoisotopic (exact) mass is 226 g/mol. The van der Waals surface area contributed by atoms with Crippen LogP contribution in [0.4, 0.5) is 0 Å². The smallest absolute Gasteiger partial charge is 0.240 e. The summed E-state index contributed by atoms with van der Waals surface area (Å²) in [4.78, 5) is 6.30. The summed E-state index contributed by atoms with van der Waals surface area (Å²) in [5, 5.41) is 3.94. The lowest BCUT2D eigenvalue weighted by Crippen LogP contribution is -2.19. The van der Waals surface area contributed by atoms with Crippen molar-refractivity contribution in [1.82, 2.24) is 15.0 Å². The van der Waals surface area contributed by atoms with Gasteiger partial charge in [-0.05, 0) is 26.9 Å². The van der Waals surface area contributed by atoms with E-state index in [2.05, 4.69) is 10.1 Å². The van der Waals surface area contributed by atoms with Crippen LogP contribution in [0.2, 0.25) is 0 Å². The molecule has 0 saturated carbocycles. The Hall–Kier alpha value is -0.980. The molecule has 0 aromatic carbocycles. The second kappa shape index (κ2) is 4.90. The van der Waals surface area contributed by atoms with Crippen molar-refractivity contribution in [2.45, 2.75) is 31.6 Å². The molecule has 1 aromatic rings. The molecule has 1 aliphatic rings. The zero-order valence-corrected chi connectivity index (χ0v) is 9.72. The molecule has 90 valence electrons. The van der Waals surface area contributed by atoms with Gasteiger partial charge in [0.25, 0.3) is 0 Å². The molecule has 2 N–H and O–H groups in total. The molecule has 0 amide bonds. The van der Waals surface area contributed by atoms with Gasteiger partial charge in [0, 0.05) is 6.54 Å². The van der Waals surface area contributed by atoms with Crippen molar-refractivity contribution in [3.05, 3.63) is 11.7 Å². The van der Waals surface area contributed by atoms with Crippen LogP contribution in [0.3, 0.4) is 0 Å². The van der Waals surface area contributed by atoms with E-state index in [-0.39, 0.29) is 12.2 Å². The number of aromatic nitrogens is 2. The molecule has 2 heterocycles. The minimum atomic E-state index is -0.0480. The molecule has 1 aromatic heterocycles. The molecule has 1 fully saturated rings. The third kappa shape index (κ3) is 2.58. The third-order valence-electron chi connectivity index (χ3n) is 2.59. The van der Waals surface area contributed by atoms with Gasteiger partial charge in [0.2, 0.25) is 11.7 Å². The molecule has 2 unspecified atom stereocenters. The number of ether oxygens (including phenoxy) is 1. The quantitative estimate of drug-likeness (QED) is 0.796. The van der Waals surface area contributed by atoms with Crippen LogP contribution in [-0.2, 0) is 11.3 Å². The highest BCUT2D eigenvalue weighted by atomic mass is 16.5. The van der Waals surface area contributed by atoms with Gasteiger partial charge in [-0.25, -0.2) is 0 Å². The Labute approximate surface area is 94.7 Å².